The molecule has 3 N–H and O–H groups in total. The summed E-state index contributed by atoms with van der Waals surface area (Å²) in [7, 11) is 3.69. The molecular weight excluding hydrogens is 218 g/mol. The van der Waals surface area contributed by atoms with Crippen LogP contribution in [0.15, 0.2) is 0 Å². The number of methoxy groups -OCH3 is 1. The normalized spacial score (nSPS) is 14.7. The highest BCUT2D eigenvalue weighted by Crippen LogP contribution is 2.18. The molecule has 102 valence electrons. The molecule has 0 saturated heterocycles. The van der Waals surface area contributed by atoms with Crippen molar-refractivity contribution in [3.8, 4) is 0 Å². The Labute approximate surface area is 105 Å². The van der Waals surface area contributed by atoms with Crippen LogP contribution in [0.3, 0.4) is 0 Å². The van der Waals surface area contributed by atoms with Crippen molar-refractivity contribution >= 4 is 5.91 Å². The fourth-order valence-corrected chi connectivity index (χ4v) is 1.33. The van der Waals surface area contributed by atoms with Gasteiger partial charge in [0.15, 0.2) is 0 Å². The Hall–Kier alpha value is -0.650. The zero-order valence-electron chi connectivity index (χ0n) is 11.6. The average molecular weight is 245 g/mol. The summed E-state index contributed by atoms with van der Waals surface area (Å²) in [5.74, 6) is 0.0441. The second-order valence-electron chi connectivity index (χ2n) is 4.67. The molecule has 5 nitrogen and oxygen atoms in total. The molecule has 1 atom stereocenters. The van der Waals surface area contributed by atoms with Gasteiger partial charge in [-0.3, -0.25) is 4.79 Å². The summed E-state index contributed by atoms with van der Waals surface area (Å²) in [5.41, 5.74) is 5.19. The van der Waals surface area contributed by atoms with Gasteiger partial charge < -0.3 is 20.7 Å². The molecule has 0 fully saturated rings. The molecule has 0 aliphatic carbocycles. The monoisotopic (exact) mass is 245 g/mol. The molecule has 0 aromatic carbocycles. The summed E-state index contributed by atoms with van der Waals surface area (Å²) in [6.45, 7) is 7.31. The van der Waals surface area contributed by atoms with Crippen molar-refractivity contribution in [1.82, 2.24) is 10.2 Å². The van der Waals surface area contributed by atoms with Gasteiger partial charge in [0.1, 0.15) is 0 Å². The average Bonchev–Trinajstić information content (AvgIpc) is 2.35. The molecule has 0 bridgehead atoms. The number of nitrogens with one attached hydrogen (secondary N) is 1. The van der Waals surface area contributed by atoms with Gasteiger partial charge >= 0.3 is 0 Å². The van der Waals surface area contributed by atoms with Crippen LogP contribution in [0.25, 0.3) is 0 Å². The van der Waals surface area contributed by atoms with E-state index in [9.17, 15) is 4.79 Å². The number of amides is 1. The van der Waals surface area contributed by atoms with E-state index in [0.717, 1.165) is 19.5 Å². The Morgan fingerprint density at radius 2 is 2.12 bits per heavy atom. The lowest BCUT2D eigenvalue weighted by Gasteiger charge is -2.25. The maximum absolute atomic E-state index is 11.9. The van der Waals surface area contributed by atoms with Gasteiger partial charge in [0.05, 0.1) is 12.0 Å². The van der Waals surface area contributed by atoms with Gasteiger partial charge in [-0.1, -0.05) is 6.92 Å². The summed E-state index contributed by atoms with van der Waals surface area (Å²) in [6, 6.07) is 0. The highest BCUT2D eigenvalue weighted by molar-refractivity contribution is 5.82. The van der Waals surface area contributed by atoms with E-state index in [1.807, 2.05) is 20.9 Å². The Balaban J connectivity index is 3.84. The molecule has 0 radical (unpaired) electrons. The summed E-state index contributed by atoms with van der Waals surface area (Å²) in [5, 5.41) is 2.93. The molecular formula is C12H27N3O2. The lowest BCUT2D eigenvalue weighted by atomic mass is 9.87. The third-order valence-electron chi connectivity index (χ3n) is 3.24. The zero-order chi connectivity index (χ0) is 13.3. The van der Waals surface area contributed by atoms with Crippen molar-refractivity contribution in [3.63, 3.8) is 0 Å². The van der Waals surface area contributed by atoms with Crippen LogP contribution < -0.4 is 11.1 Å². The SMILES string of the molecule is CCC(C)(CN)C(=O)NCCN(C)CCOC. The molecule has 17 heavy (non-hydrogen) atoms. The number of hydrogen-bond acceptors (Lipinski definition) is 4. The van der Waals surface area contributed by atoms with Crippen molar-refractivity contribution in [2.75, 3.05) is 46.9 Å². The summed E-state index contributed by atoms with van der Waals surface area (Å²) >= 11 is 0. The quantitative estimate of drug-likeness (QED) is 0.602. The third-order valence-corrected chi connectivity index (χ3v) is 3.24. The number of hydrogen-bond donors (Lipinski definition) is 2. The number of nitrogens with zero attached hydrogens (tertiary/aromatic N) is 1. The largest absolute Gasteiger partial charge is 0.383 e. The van der Waals surface area contributed by atoms with Crippen molar-refractivity contribution < 1.29 is 9.53 Å². The van der Waals surface area contributed by atoms with E-state index < -0.39 is 5.41 Å². The summed E-state index contributed by atoms with van der Waals surface area (Å²) < 4.78 is 4.98. The third kappa shape index (κ3) is 6.00. The molecule has 0 saturated carbocycles. The molecule has 0 spiro atoms. The van der Waals surface area contributed by atoms with Crippen LogP contribution in [0.5, 0.6) is 0 Å². The van der Waals surface area contributed by atoms with Crippen LogP contribution in [-0.4, -0.2) is 57.8 Å². The van der Waals surface area contributed by atoms with E-state index in [-0.39, 0.29) is 5.91 Å². The number of carbonyl (C=O) groups excluding carboxylic acids is 1. The van der Waals surface area contributed by atoms with Crippen molar-refractivity contribution in [3.05, 3.63) is 0 Å². The standard InChI is InChI=1S/C12H27N3O2/c1-5-12(2,10-13)11(16)14-6-7-15(3)8-9-17-4/h5-10,13H2,1-4H3,(H,14,16). The Morgan fingerprint density at radius 1 is 1.47 bits per heavy atom. The summed E-state index contributed by atoms with van der Waals surface area (Å²) in [4.78, 5) is 14.0. The maximum atomic E-state index is 11.9. The van der Waals surface area contributed by atoms with Gasteiger partial charge in [0.25, 0.3) is 0 Å². The minimum Gasteiger partial charge on any atom is -0.383 e. The Morgan fingerprint density at radius 3 is 2.59 bits per heavy atom. The fourth-order valence-electron chi connectivity index (χ4n) is 1.33. The number of ether oxygens (including phenoxy) is 1. The van der Waals surface area contributed by atoms with E-state index in [4.69, 9.17) is 10.5 Å². The first-order valence-corrected chi connectivity index (χ1v) is 6.16. The van der Waals surface area contributed by atoms with Gasteiger partial charge in [-0.25, -0.2) is 0 Å². The molecule has 0 heterocycles. The lowest BCUT2D eigenvalue weighted by molar-refractivity contribution is -0.129. The molecule has 1 amide bonds. The van der Waals surface area contributed by atoms with E-state index >= 15 is 0 Å². The molecule has 1 unspecified atom stereocenters. The van der Waals surface area contributed by atoms with Crippen LogP contribution in [0.4, 0.5) is 0 Å². The van der Waals surface area contributed by atoms with Gasteiger partial charge in [-0.05, 0) is 20.4 Å². The first-order chi connectivity index (χ1) is 8.00. The van der Waals surface area contributed by atoms with E-state index in [0.29, 0.717) is 19.7 Å². The smallest absolute Gasteiger partial charge is 0.227 e. The van der Waals surface area contributed by atoms with Gasteiger partial charge in [0.2, 0.25) is 5.91 Å². The molecule has 5 heteroatoms. The highest BCUT2D eigenvalue weighted by Gasteiger charge is 2.28. The molecule has 0 aromatic heterocycles. The van der Waals surface area contributed by atoms with E-state index in [1.54, 1.807) is 7.11 Å². The predicted molar refractivity (Wildman–Crippen MR) is 69.8 cm³/mol. The van der Waals surface area contributed by atoms with Crippen LogP contribution in [-0.2, 0) is 9.53 Å². The number of carbonyl (C=O) groups is 1. The molecule has 0 rings (SSSR count). The second-order valence-corrected chi connectivity index (χ2v) is 4.67. The molecule has 0 aliphatic heterocycles. The van der Waals surface area contributed by atoms with E-state index in [1.165, 1.54) is 0 Å². The number of rotatable bonds is 9. The van der Waals surface area contributed by atoms with Crippen LogP contribution >= 0.6 is 0 Å². The Bertz CT molecular complexity index is 218. The van der Waals surface area contributed by atoms with Gasteiger partial charge in [-0.2, -0.15) is 0 Å². The van der Waals surface area contributed by atoms with Crippen LogP contribution in [0.2, 0.25) is 0 Å². The lowest BCUT2D eigenvalue weighted by Crippen LogP contribution is -2.45. The van der Waals surface area contributed by atoms with E-state index in [2.05, 4.69) is 10.2 Å². The highest BCUT2D eigenvalue weighted by atomic mass is 16.5. The minimum absolute atomic E-state index is 0.0441. The van der Waals surface area contributed by atoms with Crippen molar-refractivity contribution in [2.45, 2.75) is 20.3 Å². The fraction of sp³-hybridized carbons (Fsp3) is 0.917. The first kappa shape index (κ1) is 16.4. The molecule has 0 aromatic rings. The van der Waals surface area contributed by atoms with Crippen molar-refractivity contribution in [2.24, 2.45) is 11.1 Å². The first-order valence-electron chi connectivity index (χ1n) is 6.16. The maximum Gasteiger partial charge on any atom is 0.227 e. The predicted octanol–water partition coefficient (Wildman–Crippen LogP) is 0.0558. The number of nitrogens with two attached hydrogens (primary N) is 1. The zero-order valence-corrected chi connectivity index (χ0v) is 11.6. The summed E-state index contributed by atoms with van der Waals surface area (Å²) in [6.07, 6.45) is 0.759. The van der Waals surface area contributed by atoms with Crippen LogP contribution in [0, 0.1) is 5.41 Å². The molecule has 0 aliphatic rings. The van der Waals surface area contributed by atoms with Crippen molar-refractivity contribution in [1.29, 1.82) is 0 Å². The topological polar surface area (TPSA) is 67.6 Å². The minimum atomic E-state index is -0.439. The Kier molecular flexibility index (Phi) is 8.12. The van der Waals surface area contributed by atoms with Crippen LogP contribution in [0.1, 0.15) is 20.3 Å². The van der Waals surface area contributed by atoms with Gasteiger partial charge in [-0.15, -0.1) is 0 Å². The number of likely N-dealkylation sites (N-methyl/N-ethyl adjacent to an activating group) is 1. The second kappa shape index (κ2) is 8.44. The van der Waals surface area contributed by atoms with Gasteiger partial charge in [0, 0.05) is 33.3 Å².